The number of anilines is 1. The van der Waals surface area contributed by atoms with E-state index in [1.54, 1.807) is 7.05 Å². The molecule has 2 rings (SSSR count). The van der Waals surface area contributed by atoms with Crippen LogP contribution in [0.25, 0.3) is 0 Å². The summed E-state index contributed by atoms with van der Waals surface area (Å²) in [5.74, 6) is -0.0706. The highest BCUT2D eigenvalue weighted by Gasteiger charge is 2.21. The molecule has 0 bridgehead atoms. The zero-order chi connectivity index (χ0) is 14.0. The standard InChI is InChI=1S/C11H16N4O3S/c1-15-7-9(19(12,17)18)11(14-15)13-10(16)6-8-4-2-3-5-8/h2,4,7-8H,3,5-6H2,1H3,(H2,12,17,18)(H,13,14,16). The number of allylic oxidation sites excluding steroid dienone is 2. The largest absolute Gasteiger partial charge is 0.308 e. The number of rotatable bonds is 4. The Bertz CT molecular complexity index is 618. The lowest BCUT2D eigenvalue weighted by Gasteiger charge is -2.07. The number of primary sulfonamides is 1. The van der Waals surface area contributed by atoms with Crippen LogP contribution in [0, 0.1) is 5.92 Å². The molecule has 0 spiro atoms. The quantitative estimate of drug-likeness (QED) is 0.778. The van der Waals surface area contributed by atoms with E-state index < -0.39 is 10.0 Å². The molecule has 0 aromatic carbocycles. The zero-order valence-corrected chi connectivity index (χ0v) is 11.4. The summed E-state index contributed by atoms with van der Waals surface area (Å²) in [5.41, 5.74) is 0. The van der Waals surface area contributed by atoms with Crippen LogP contribution in [0.15, 0.2) is 23.2 Å². The summed E-state index contributed by atoms with van der Waals surface area (Å²) >= 11 is 0. The summed E-state index contributed by atoms with van der Waals surface area (Å²) < 4.78 is 24.0. The first-order valence-electron chi connectivity index (χ1n) is 5.89. The third kappa shape index (κ3) is 3.42. The Morgan fingerprint density at radius 1 is 1.63 bits per heavy atom. The van der Waals surface area contributed by atoms with Gasteiger partial charge in [0.05, 0.1) is 0 Å². The van der Waals surface area contributed by atoms with E-state index in [1.165, 1.54) is 10.9 Å². The van der Waals surface area contributed by atoms with Crippen molar-refractivity contribution in [2.75, 3.05) is 5.32 Å². The SMILES string of the molecule is Cn1cc(S(N)(=O)=O)c(NC(=O)CC2C=CCC2)n1. The van der Waals surface area contributed by atoms with Gasteiger partial charge < -0.3 is 5.32 Å². The molecule has 1 aliphatic rings. The van der Waals surface area contributed by atoms with Gasteiger partial charge in [-0.05, 0) is 18.8 Å². The maximum absolute atomic E-state index is 11.8. The van der Waals surface area contributed by atoms with Crippen LogP contribution in [-0.4, -0.2) is 24.1 Å². The van der Waals surface area contributed by atoms with Crippen molar-refractivity contribution in [3.63, 3.8) is 0 Å². The van der Waals surface area contributed by atoms with Gasteiger partial charge in [-0.1, -0.05) is 12.2 Å². The fourth-order valence-corrected chi connectivity index (χ4v) is 2.71. The molecular formula is C11H16N4O3S. The normalized spacial score (nSPS) is 18.7. The van der Waals surface area contributed by atoms with E-state index in [0.717, 1.165) is 12.8 Å². The monoisotopic (exact) mass is 284 g/mol. The van der Waals surface area contributed by atoms with Crippen molar-refractivity contribution in [1.29, 1.82) is 0 Å². The molecule has 1 aromatic rings. The molecule has 1 heterocycles. The number of aryl methyl sites for hydroxylation is 1. The molecule has 1 aliphatic carbocycles. The summed E-state index contributed by atoms with van der Waals surface area (Å²) in [6.07, 6.45) is 7.53. The Balaban J connectivity index is 2.10. The lowest BCUT2D eigenvalue weighted by Crippen LogP contribution is -2.19. The summed E-state index contributed by atoms with van der Waals surface area (Å²) in [7, 11) is -2.34. The van der Waals surface area contributed by atoms with Crippen molar-refractivity contribution in [1.82, 2.24) is 9.78 Å². The smallest absolute Gasteiger partial charge is 0.243 e. The highest BCUT2D eigenvalue weighted by molar-refractivity contribution is 7.89. The van der Waals surface area contributed by atoms with Gasteiger partial charge in [-0.2, -0.15) is 5.10 Å². The average molecular weight is 284 g/mol. The topological polar surface area (TPSA) is 107 Å². The van der Waals surface area contributed by atoms with Crippen LogP contribution in [0.1, 0.15) is 19.3 Å². The average Bonchev–Trinajstić information content (AvgIpc) is 2.87. The second kappa shape index (κ2) is 5.14. The van der Waals surface area contributed by atoms with E-state index in [4.69, 9.17) is 5.14 Å². The molecule has 1 aromatic heterocycles. The number of sulfonamides is 1. The molecule has 3 N–H and O–H groups in total. The molecule has 0 radical (unpaired) electrons. The lowest BCUT2D eigenvalue weighted by molar-refractivity contribution is -0.116. The van der Waals surface area contributed by atoms with Gasteiger partial charge in [-0.25, -0.2) is 13.6 Å². The van der Waals surface area contributed by atoms with E-state index in [1.807, 2.05) is 12.2 Å². The number of nitrogens with one attached hydrogen (secondary N) is 1. The summed E-state index contributed by atoms with van der Waals surface area (Å²) in [5, 5.41) is 11.5. The van der Waals surface area contributed by atoms with Crippen molar-refractivity contribution in [2.24, 2.45) is 18.1 Å². The van der Waals surface area contributed by atoms with Gasteiger partial charge in [0, 0.05) is 19.7 Å². The molecule has 0 saturated heterocycles. The summed E-state index contributed by atoms with van der Waals surface area (Å²) in [6.45, 7) is 0. The molecular weight excluding hydrogens is 268 g/mol. The molecule has 1 atom stereocenters. The molecule has 1 amide bonds. The van der Waals surface area contributed by atoms with Gasteiger partial charge in [0.25, 0.3) is 0 Å². The fraction of sp³-hybridized carbons (Fsp3) is 0.455. The maximum atomic E-state index is 11.8. The molecule has 1 unspecified atom stereocenters. The van der Waals surface area contributed by atoms with Crippen LogP contribution in [-0.2, 0) is 21.9 Å². The Morgan fingerprint density at radius 2 is 2.37 bits per heavy atom. The van der Waals surface area contributed by atoms with Crippen molar-refractivity contribution in [3.05, 3.63) is 18.3 Å². The first-order valence-corrected chi connectivity index (χ1v) is 7.44. The van der Waals surface area contributed by atoms with Crippen LogP contribution in [0.2, 0.25) is 0 Å². The zero-order valence-electron chi connectivity index (χ0n) is 10.5. The summed E-state index contributed by atoms with van der Waals surface area (Å²) in [6, 6.07) is 0. The minimum absolute atomic E-state index is 0.0167. The van der Waals surface area contributed by atoms with Gasteiger partial charge in [-0.3, -0.25) is 9.48 Å². The first-order chi connectivity index (χ1) is 8.86. The van der Waals surface area contributed by atoms with Crippen LogP contribution in [0.3, 0.4) is 0 Å². The Kier molecular flexibility index (Phi) is 3.72. The van der Waals surface area contributed by atoms with Crippen molar-refractivity contribution in [2.45, 2.75) is 24.2 Å². The second-order valence-electron chi connectivity index (χ2n) is 4.58. The molecule has 8 heteroatoms. The lowest BCUT2D eigenvalue weighted by atomic mass is 10.1. The van der Waals surface area contributed by atoms with E-state index in [2.05, 4.69) is 10.4 Å². The highest BCUT2D eigenvalue weighted by atomic mass is 32.2. The summed E-state index contributed by atoms with van der Waals surface area (Å²) in [4.78, 5) is 11.7. The maximum Gasteiger partial charge on any atom is 0.243 e. The number of carbonyl (C=O) groups is 1. The second-order valence-corrected chi connectivity index (χ2v) is 6.11. The van der Waals surface area contributed by atoms with Gasteiger partial charge in [0.15, 0.2) is 5.82 Å². The van der Waals surface area contributed by atoms with Crippen molar-refractivity contribution in [3.8, 4) is 0 Å². The first kappa shape index (κ1) is 13.8. The minimum atomic E-state index is -3.90. The Labute approximate surface area is 111 Å². The number of amides is 1. The van der Waals surface area contributed by atoms with Gasteiger partial charge >= 0.3 is 0 Å². The number of carbonyl (C=O) groups excluding carboxylic acids is 1. The molecule has 104 valence electrons. The number of aromatic nitrogens is 2. The van der Waals surface area contributed by atoms with Gasteiger partial charge in [0.2, 0.25) is 15.9 Å². The molecule has 0 aliphatic heterocycles. The van der Waals surface area contributed by atoms with Gasteiger partial charge in [0.1, 0.15) is 4.90 Å². The van der Waals surface area contributed by atoms with Crippen molar-refractivity contribution >= 4 is 21.7 Å². The highest BCUT2D eigenvalue weighted by Crippen LogP contribution is 2.22. The Hall–Kier alpha value is -1.67. The van der Waals surface area contributed by atoms with Crippen LogP contribution < -0.4 is 10.5 Å². The molecule has 0 fully saturated rings. The number of nitrogens with zero attached hydrogens (tertiary/aromatic N) is 2. The van der Waals surface area contributed by atoms with E-state index in [-0.39, 0.29) is 22.5 Å². The Morgan fingerprint density at radius 3 is 2.95 bits per heavy atom. The van der Waals surface area contributed by atoms with Crippen molar-refractivity contribution < 1.29 is 13.2 Å². The van der Waals surface area contributed by atoms with Crippen LogP contribution in [0.4, 0.5) is 5.82 Å². The van der Waals surface area contributed by atoms with E-state index >= 15 is 0 Å². The minimum Gasteiger partial charge on any atom is -0.308 e. The van der Waals surface area contributed by atoms with Crippen LogP contribution >= 0.6 is 0 Å². The number of nitrogens with two attached hydrogens (primary N) is 1. The molecule has 19 heavy (non-hydrogen) atoms. The molecule has 7 nitrogen and oxygen atoms in total. The number of hydrogen-bond acceptors (Lipinski definition) is 4. The third-order valence-corrected chi connectivity index (χ3v) is 3.83. The predicted molar refractivity (Wildman–Crippen MR) is 69.7 cm³/mol. The van der Waals surface area contributed by atoms with Crippen LogP contribution in [0.5, 0.6) is 0 Å². The molecule has 0 saturated carbocycles. The predicted octanol–water partition coefficient (Wildman–Crippen LogP) is 0.362. The van der Waals surface area contributed by atoms with E-state index in [9.17, 15) is 13.2 Å². The number of hydrogen-bond donors (Lipinski definition) is 2. The van der Waals surface area contributed by atoms with E-state index in [0.29, 0.717) is 6.42 Å². The third-order valence-electron chi connectivity index (χ3n) is 2.92. The van der Waals surface area contributed by atoms with Gasteiger partial charge in [-0.15, -0.1) is 0 Å². The fourth-order valence-electron chi connectivity index (χ4n) is 2.05.